The molecule has 1 N–H and O–H groups in total. The molecular weight excluding hydrogens is 406 g/mol. The van der Waals surface area contributed by atoms with Crippen LogP contribution < -0.4 is 16.6 Å². The van der Waals surface area contributed by atoms with E-state index in [0.717, 1.165) is 40.8 Å². The van der Waals surface area contributed by atoms with Crippen LogP contribution in [0.5, 0.6) is 0 Å². The third kappa shape index (κ3) is 3.81. The second-order valence-electron chi connectivity index (χ2n) is 9.44. The minimum atomic E-state index is -0.529. The quantitative estimate of drug-likeness (QED) is 0.684. The first-order chi connectivity index (χ1) is 15.1. The smallest absolute Gasteiger partial charge is 0.331 e. The zero-order valence-corrected chi connectivity index (χ0v) is 19.2. The Kier molecular flexibility index (Phi) is 5.40. The lowest BCUT2D eigenvalue weighted by atomic mass is 9.87. The highest BCUT2D eigenvalue weighted by Crippen LogP contribution is 2.32. The second kappa shape index (κ2) is 7.93. The van der Waals surface area contributed by atoms with Crippen LogP contribution in [0.15, 0.2) is 46.1 Å². The Labute approximate surface area is 186 Å². The number of hydrogen-bond acceptors (Lipinski definition) is 4. The first-order valence-electron chi connectivity index (χ1n) is 10.8. The van der Waals surface area contributed by atoms with E-state index in [-0.39, 0.29) is 17.2 Å². The van der Waals surface area contributed by atoms with Crippen LogP contribution in [0.2, 0.25) is 0 Å². The van der Waals surface area contributed by atoms with E-state index in [1.165, 1.54) is 30.3 Å². The first kappa shape index (κ1) is 21.8. The summed E-state index contributed by atoms with van der Waals surface area (Å²) in [5, 5.41) is 7.60. The van der Waals surface area contributed by atoms with Crippen molar-refractivity contribution >= 4 is 5.91 Å². The lowest BCUT2D eigenvalue weighted by molar-refractivity contribution is 0.0922. The molecule has 1 aromatic carbocycles. The van der Waals surface area contributed by atoms with Gasteiger partial charge in [-0.2, -0.15) is 5.10 Å². The molecule has 1 atom stereocenters. The molecule has 2 aromatic heterocycles. The lowest BCUT2D eigenvalue weighted by Gasteiger charge is -2.25. The SMILES string of the molecule is Cn1c(C(=O)N[C@H]2CCCc3c2cnn3-c2ccc(C(C)(C)C)cc2)cc(=O)n(C)c1=O. The number of hydrogen-bond donors (Lipinski definition) is 1. The van der Waals surface area contributed by atoms with Crippen LogP contribution in [-0.4, -0.2) is 24.8 Å². The molecule has 1 amide bonds. The number of carbonyl (C=O) groups excluding carboxylic acids is 1. The normalized spacial score (nSPS) is 16.0. The monoisotopic (exact) mass is 435 g/mol. The predicted octanol–water partition coefficient (Wildman–Crippen LogP) is 2.37. The zero-order chi connectivity index (χ0) is 23.2. The highest BCUT2D eigenvalue weighted by atomic mass is 16.2. The van der Waals surface area contributed by atoms with Crippen LogP contribution in [0, 0.1) is 0 Å². The molecule has 0 saturated carbocycles. The molecule has 3 aromatic rings. The van der Waals surface area contributed by atoms with Crippen LogP contribution in [0.3, 0.4) is 0 Å². The van der Waals surface area contributed by atoms with Gasteiger partial charge in [0.2, 0.25) is 0 Å². The van der Waals surface area contributed by atoms with Gasteiger partial charge in [0.1, 0.15) is 5.69 Å². The largest absolute Gasteiger partial charge is 0.344 e. The fraction of sp³-hybridized carbons (Fsp3) is 0.417. The van der Waals surface area contributed by atoms with Gasteiger partial charge in [0.15, 0.2) is 0 Å². The van der Waals surface area contributed by atoms with Gasteiger partial charge >= 0.3 is 5.69 Å². The van der Waals surface area contributed by atoms with Gasteiger partial charge in [-0.15, -0.1) is 0 Å². The molecule has 32 heavy (non-hydrogen) atoms. The number of rotatable bonds is 3. The Hall–Kier alpha value is -3.42. The summed E-state index contributed by atoms with van der Waals surface area (Å²) in [4.78, 5) is 37.1. The van der Waals surface area contributed by atoms with Crippen molar-refractivity contribution in [2.75, 3.05) is 0 Å². The van der Waals surface area contributed by atoms with Crippen LogP contribution in [0.1, 0.15) is 67.0 Å². The average Bonchev–Trinajstić information content (AvgIpc) is 3.19. The number of amides is 1. The van der Waals surface area contributed by atoms with E-state index in [0.29, 0.717) is 0 Å². The molecule has 0 radical (unpaired) electrons. The molecule has 0 saturated heterocycles. The molecule has 4 rings (SSSR count). The molecule has 1 aliphatic rings. The van der Waals surface area contributed by atoms with Gasteiger partial charge in [-0.1, -0.05) is 32.9 Å². The predicted molar refractivity (Wildman–Crippen MR) is 122 cm³/mol. The molecule has 8 heteroatoms. The van der Waals surface area contributed by atoms with E-state index in [1.54, 1.807) is 6.20 Å². The minimum absolute atomic E-state index is 0.0513. The van der Waals surface area contributed by atoms with Crippen molar-refractivity contribution in [3.05, 3.63) is 79.9 Å². The molecule has 2 heterocycles. The van der Waals surface area contributed by atoms with Crippen LogP contribution in [-0.2, 0) is 25.9 Å². The summed E-state index contributed by atoms with van der Waals surface area (Å²) < 4.78 is 4.11. The van der Waals surface area contributed by atoms with Crippen LogP contribution in [0.25, 0.3) is 5.69 Å². The summed E-state index contributed by atoms with van der Waals surface area (Å²) >= 11 is 0. The summed E-state index contributed by atoms with van der Waals surface area (Å²) in [6.45, 7) is 6.55. The molecule has 0 bridgehead atoms. The van der Waals surface area contributed by atoms with Gasteiger partial charge in [-0.3, -0.25) is 18.7 Å². The first-order valence-corrected chi connectivity index (χ1v) is 10.8. The summed E-state index contributed by atoms with van der Waals surface area (Å²) in [7, 11) is 2.88. The topological polar surface area (TPSA) is 90.9 Å². The lowest BCUT2D eigenvalue weighted by Crippen LogP contribution is -2.42. The van der Waals surface area contributed by atoms with E-state index in [4.69, 9.17) is 0 Å². The Bertz CT molecular complexity index is 1290. The summed E-state index contributed by atoms with van der Waals surface area (Å²) in [5.41, 5.74) is 3.38. The second-order valence-corrected chi connectivity index (χ2v) is 9.44. The van der Waals surface area contributed by atoms with E-state index in [9.17, 15) is 14.4 Å². The number of nitrogens with one attached hydrogen (secondary N) is 1. The number of aromatic nitrogens is 4. The summed E-state index contributed by atoms with van der Waals surface area (Å²) in [5.74, 6) is -0.442. The molecule has 168 valence electrons. The van der Waals surface area contributed by atoms with E-state index < -0.39 is 17.2 Å². The van der Waals surface area contributed by atoms with E-state index in [1.807, 2.05) is 4.68 Å². The standard InChI is InChI=1S/C24H29N5O3/c1-24(2,3)15-9-11-16(12-10-15)29-19-8-6-7-18(17(19)14-25-29)26-22(31)20-13-21(30)28(5)23(32)27(20)4/h9-14,18H,6-8H2,1-5H3,(H,26,31)/t18-/m0/s1. The highest BCUT2D eigenvalue weighted by Gasteiger charge is 2.27. The van der Waals surface area contributed by atoms with Crippen molar-refractivity contribution in [2.45, 2.75) is 51.5 Å². The Morgan fingerprint density at radius 1 is 1.09 bits per heavy atom. The third-order valence-corrected chi connectivity index (χ3v) is 6.22. The van der Waals surface area contributed by atoms with Crippen LogP contribution >= 0.6 is 0 Å². The Balaban J connectivity index is 1.62. The van der Waals surface area contributed by atoms with Gasteiger partial charge in [0.05, 0.1) is 17.9 Å². The summed E-state index contributed by atoms with van der Waals surface area (Å²) in [6.07, 6.45) is 4.35. The van der Waals surface area contributed by atoms with Crippen molar-refractivity contribution in [2.24, 2.45) is 14.1 Å². The van der Waals surface area contributed by atoms with Gasteiger partial charge in [-0.25, -0.2) is 9.48 Å². The maximum atomic E-state index is 12.9. The highest BCUT2D eigenvalue weighted by molar-refractivity contribution is 5.92. The van der Waals surface area contributed by atoms with E-state index in [2.05, 4.69) is 55.5 Å². The Morgan fingerprint density at radius 3 is 2.44 bits per heavy atom. The molecule has 8 nitrogen and oxygen atoms in total. The van der Waals surface area contributed by atoms with Crippen molar-refractivity contribution < 1.29 is 4.79 Å². The fourth-order valence-electron chi connectivity index (χ4n) is 4.21. The molecular formula is C24H29N5O3. The van der Waals surface area contributed by atoms with Gasteiger partial charge < -0.3 is 5.32 Å². The number of benzene rings is 1. The average molecular weight is 436 g/mol. The molecule has 0 unspecified atom stereocenters. The van der Waals surface area contributed by atoms with Crippen molar-refractivity contribution in [3.63, 3.8) is 0 Å². The molecule has 0 spiro atoms. The van der Waals surface area contributed by atoms with Crippen molar-refractivity contribution in [1.29, 1.82) is 0 Å². The summed E-state index contributed by atoms with van der Waals surface area (Å²) in [6, 6.07) is 9.37. The van der Waals surface area contributed by atoms with Gasteiger partial charge in [0, 0.05) is 31.4 Å². The number of carbonyl (C=O) groups is 1. The van der Waals surface area contributed by atoms with E-state index >= 15 is 0 Å². The number of fused-ring (bicyclic) bond motifs is 1. The zero-order valence-electron chi connectivity index (χ0n) is 19.2. The Morgan fingerprint density at radius 2 is 1.78 bits per heavy atom. The van der Waals surface area contributed by atoms with Gasteiger partial charge in [0.25, 0.3) is 11.5 Å². The third-order valence-electron chi connectivity index (χ3n) is 6.22. The molecule has 1 aliphatic carbocycles. The van der Waals surface area contributed by atoms with Crippen molar-refractivity contribution in [1.82, 2.24) is 24.2 Å². The fourth-order valence-corrected chi connectivity index (χ4v) is 4.21. The molecule has 0 fully saturated rings. The number of nitrogens with zero attached hydrogens (tertiary/aromatic N) is 4. The van der Waals surface area contributed by atoms with Gasteiger partial charge in [-0.05, 0) is 42.4 Å². The maximum Gasteiger partial charge on any atom is 0.331 e. The minimum Gasteiger partial charge on any atom is -0.344 e. The van der Waals surface area contributed by atoms with Crippen molar-refractivity contribution in [3.8, 4) is 5.69 Å². The molecule has 0 aliphatic heterocycles. The van der Waals surface area contributed by atoms with Crippen LogP contribution in [0.4, 0.5) is 0 Å². The maximum absolute atomic E-state index is 12.9.